The molecule has 0 aliphatic rings. The molecule has 0 atom stereocenters. The van der Waals surface area contributed by atoms with E-state index in [0.717, 1.165) is 0 Å². The number of thiol groups is 2. The number of hydrogen-bond donors (Lipinski definition) is 4. The Morgan fingerprint density at radius 2 is 0.974 bits per heavy atom. The summed E-state index contributed by atoms with van der Waals surface area (Å²) in [4.78, 5) is 0. The molecule has 2 N–H and O–H groups in total. The second kappa shape index (κ2) is 13.1. The lowest BCUT2D eigenvalue weighted by atomic mass is 9.98. The summed E-state index contributed by atoms with van der Waals surface area (Å²) < 4.78 is 146. The average Bonchev–Trinajstić information content (AvgIpc) is 2.86. The van der Waals surface area contributed by atoms with Crippen LogP contribution in [0.5, 0.6) is 0 Å². The largest absolute Gasteiger partial charge is 0.405 e. The lowest BCUT2D eigenvalue weighted by Gasteiger charge is -2.13. The number of halogens is 11. The van der Waals surface area contributed by atoms with Gasteiger partial charge in [0.25, 0.3) is 0 Å². The Kier molecular flexibility index (Phi) is 10.7. The molecule has 2 aromatic rings. The van der Waals surface area contributed by atoms with Crippen LogP contribution in [0.4, 0.5) is 48.3 Å². The first-order valence-corrected chi connectivity index (χ1v) is 10.8. The molecule has 212 valence electrons. The van der Waals surface area contributed by atoms with E-state index >= 15 is 0 Å². The van der Waals surface area contributed by atoms with Crippen LogP contribution < -0.4 is 10.6 Å². The van der Waals surface area contributed by atoms with Crippen molar-refractivity contribution in [1.29, 1.82) is 0 Å². The van der Waals surface area contributed by atoms with Crippen LogP contribution in [0.3, 0.4) is 0 Å². The number of nitrogens with one attached hydrogen (secondary N) is 2. The summed E-state index contributed by atoms with van der Waals surface area (Å²) in [5, 5.41) is 14.9. The van der Waals surface area contributed by atoms with Crippen LogP contribution in [-0.2, 0) is 0 Å². The van der Waals surface area contributed by atoms with Gasteiger partial charge < -0.3 is 10.6 Å². The van der Waals surface area contributed by atoms with E-state index in [1.54, 1.807) is 10.6 Å². The first kappa shape index (κ1) is 31.9. The highest BCUT2D eigenvalue weighted by Crippen LogP contribution is 2.25. The summed E-state index contributed by atoms with van der Waals surface area (Å²) in [5.41, 5.74) is -4.02. The molecule has 0 amide bonds. The van der Waals surface area contributed by atoms with Crippen molar-refractivity contribution in [3.8, 4) is 0 Å². The Balaban J connectivity index is 2.82. The molecule has 0 saturated carbocycles. The van der Waals surface area contributed by atoms with Crippen molar-refractivity contribution in [2.24, 2.45) is 20.4 Å². The quantitative estimate of drug-likeness (QED) is 0.0648. The van der Waals surface area contributed by atoms with Crippen molar-refractivity contribution in [2.45, 2.75) is 12.4 Å². The number of benzene rings is 2. The zero-order valence-corrected chi connectivity index (χ0v) is 20.4. The van der Waals surface area contributed by atoms with Gasteiger partial charge in [-0.3, -0.25) is 0 Å². The highest BCUT2D eigenvalue weighted by molar-refractivity contribution is 7.97. The molecule has 0 bridgehead atoms. The monoisotopic (exact) mass is 610 g/mol. The van der Waals surface area contributed by atoms with Crippen molar-refractivity contribution in [3.63, 3.8) is 0 Å². The third-order valence-electron chi connectivity index (χ3n) is 4.10. The number of hydrogen-bond acceptors (Lipinski definition) is 4. The summed E-state index contributed by atoms with van der Waals surface area (Å²) in [7, 11) is 0. The molecular weight excluding hydrogens is 597 g/mol. The Morgan fingerprint density at radius 1 is 0.590 bits per heavy atom. The van der Waals surface area contributed by atoms with Gasteiger partial charge in [-0.2, -0.15) is 26.3 Å². The van der Waals surface area contributed by atoms with Crippen LogP contribution in [0.15, 0.2) is 50.7 Å². The molecule has 2 aromatic carbocycles. The third-order valence-corrected chi connectivity index (χ3v) is 4.60. The van der Waals surface area contributed by atoms with Gasteiger partial charge in [-0.15, -0.1) is 45.7 Å². The zero-order valence-electron chi connectivity index (χ0n) is 18.6. The van der Waals surface area contributed by atoms with Crippen LogP contribution in [-0.4, -0.2) is 47.2 Å². The number of nitrogens with zero attached hydrogens (tertiary/aromatic N) is 4. The van der Waals surface area contributed by atoms with Gasteiger partial charge in [0.2, 0.25) is 5.82 Å². The minimum atomic E-state index is -4.77. The molecule has 0 heterocycles. The Morgan fingerprint density at radius 3 is 1.38 bits per heavy atom. The van der Waals surface area contributed by atoms with Crippen molar-refractivity contribution in [1.82, 2.24) is 10.6 Å². The van der Waals surface area contributed by atoms with E-state index in [1.165, 1.54) is 30.3 Å². The second-order valence-corrected chi connectivity index (χ2v) is 7.84. The second-order valence-electron chi connectivity index (χ2n) is 6.99. The fourth-order valence-corrected chi connectivity index (χ4v) is 2.74. The minimum absolute atomic E-state index is 0.194. The van der Waals surface area contributed by atoms with Crippen molar-refractivity contribution < 1.29 is 48.3 Å². The summed E-state index contributed by atoms with van der Waals surface area (Å²) in [6.45, 7) is -3.33. The summed E-state index contributed by atoms with van der Waals surface area (Å²) >= 11 is 7.20. The molecule has 0 aliphatic carbocycles. The maximum Gasteiger partial charge on any atom is 0.405 e. The van der Waals surface area contributed by atoms with Crippen LogP contribution in [0.2, 0.25) is 0 Å². The van der Waals surface area contributed by atoms with Gasteiger partial charge in [-0.1, -0.05) is 30.3 Å². The normalized spacial score (nSPS) is 14.1. The first-order valence-electron chi connectivity index (χ1n) is 9.90. The third kappa shape index (κ3) is 9.41. The molecule has 19 heteroatoms. The highest BCUT2D eigenvalue weighted by Gasteiger charge is 2.32. The van der Waals surface area contributed by atoms with E-state index in [-0.39, 0.29) is 5.56 Å². The van der Waals surface area contributed by atoms with Gasteiger partial charge in [-0.25, -0.2) is 22.0 Å². The Hall–Kier alpha value is -3.35. The average molecular weight is 610 g/mol. The van der Waals surface area contributed by atoms with Crippen molar-refractivity contribution in [3.05, 3.63) is 70.5 Å². The molecule has 0 aliphatic heterocycles. The number of amidine groups is 2. The van der Waals surface area contributed by atoms with Gasteiger partial charge in [0.05, 0.1) is 5.56 Å². The van der Waals surface area contributed by atoms with Crippen LogP contribution in [0.1, 0.15) is 11.1 Å². The highest BCUT2D eigenvalue weighted by atomic mass is 32.1. The number of alkyl halides is 6. The standard InChI is InChI=1S/C20H13F11N6S2/c21-10-9(11(22)13(24)14(25)12(10)23)16(35-37-18(39)33-7-20(29,30)31)15(8-4-2-1-3-5-8)34-36-17(38)32-6-19(26,27)28/h1-5H,6-7H2,(H2,32,36,38)(H2,33,37,39)/b34-15+,35-16+. The molecule has 2 rings (SSSR count). The van der Waals surface area contributed by atoms with Gasteiger partial charge >= 0.3 is 12.4 Å². The summed E-state index contributed by atoms with van der Waals surface area (Å²) in [6, 6.07) is 6.40. The molecule has 0 radical (unpaired) electrons. The molecule has 6 nitrogen and oxygen atoms in total. The zero-order chi connectivity index (χ0) is 29.5. The molecule has 0 aromatic heterocycles. The Labute approximate surface area is 222 Å². The van der Waals surface area contributed by atoms with E-state index < -0.39 is 81.9 Å². The molecule has 39 heavy (non-hydrogen) atoms. The number of rotatable bonds is 7. The minimum Gasteiger partial charge on any atom is -0.354 e. The lowest BCUT2D eigenvalue weighted by molar-refractivity contribution is -0.122. The molecule has 0 unspecified atom stereocenters. The van der Waals surface area contributed by atoms with Gasteiger partial charge in [0.15, 0.2) is 33.6 Å². The Bertz CT molecular complexity index is 1280. The van der Waals surface area contributed by atoms with Crippen LogP contribution in [0.25, 0.3) is 0 Å². The molecule has 0 spiro atoms. The van der Waals surface area contributed by atoms with Gasteiger partial charge in [-0.05, 0) is 0 Å². The SMILES string of the molecule is Fc1c(F)c(F)c(C(=N\N=C(/S)NCC(F)(F)F)/C(=N/N=C(\S)NCC(F)(F)F)c2ccccc2)c(F)c1F. The van der Waals surface area contributed by atoms with Crippen molar-refractivity contribution in [2.75, 3.05) is 13.1 Å². The van der Waals surface area contributed by atoms with Crippen molar-refractivity contribution >= 4 is 47.0 Å². The van der Waals surface area contributed by atoms with E-state index in [1.807, 2.05) is 0 Å². The van der Waals surface area contributed by atoms with Crippen LogP contribution in [0, 0.1) is 29.1 Å². The van der Waals surface area contributed by atoms with Crippen LogP contribution >= 0.6 is 25.3 Å². The fourth-order valence-electron chi connectivity index (χ4n) is 2.49. The van der Waals surface area contributed by atoms with Gasteiger partial charge in [0.1, 0.15) is 24.5 Å². The van der Waals surface area contributed by atoms with E-state index in [4.69, 9.17) is 0 Å². The lowest BCUT2D eigenvalue weighted by Crippen LogP contribution is -2.31. The summed E-state index contributed by atoms with van der Waals surface area (Å²) in [6.07, 6.45) is -9.49. The van der Waals surface area contributed by atoms with E-state index in [0.29, 0.717) is 0 Å². The topological polar surface area (TPSA) is 73.5 Å². The maximum atomic E-state index is 14.7. The van der Waals surface area contributed by atoms with E-state index in [9.17, 15) is 48.3 Å². The predicted molar refractivity (Wildman–Crippen MR) is 127 cm³/mol. The smallest absolute Gasteiger partial charge is 0.354 e. The maximum absolute atomic E-state index is 14.7. The fraction of sp³-hybridized carbons (Fsp3) is 0.200. The molecule has 0 fully saturated rings. The molecule has 0 saturated heterocycles. The van der Waals surface area contributed by atoms with E-state index in [2.05, 4.69) is 45.7 Å². The first-order chi connectivity index (χ1) is 18.0. The van der Waals surface area contributed by atoms with Gasteiger partial charge in [0, 0.05) is 5.56 Å². The molecular formula is C20H13F11N6S2. The summed E-state index contributed by atoms with van der Waals surface area (Å²) in [5.74, 6) is -12.2. The predicted octanol–water partition coefficient (Wildman–Crippen LogP) is 5.37.